The third-order valence-corrected chi connectivity index (χ3v) is 5.55. The van der Waals surface area contributed by atoms with E-state index < -0.39 is 0 Å². The first kappa shape index (κ1) is 20.3. The number of rotatable bonds is 7. The molecule has 2 aromatic rings. The van der Waals surface area contributed by atoms with Crippen molar-refractivity contribution in [1.29, 1.82) is 0 Å². The molecule has 28 heavy (non-hydrogen) atoms. The van der Waals surface area contributed by atoms with Gasteiger partial charge in [-0.2, -0.15) is 0 Å². The Morgan fingerprint density at radius 2 is 1.75 bits per heavy atom. The molecule has 1 aliphatic heterocycles. The van der Waals surface area contributed by atoms with Crippen LogP contribution in [-0.2, 0) is 6.42 Å². The van der Waals surface area contributed by atoms with Gasteiger partial charge in [-0.25, -0.2) is 4.39 Å². The van der Waals surface area contributed by atoms with Gasteiger partial charge in [0.2, 0.25) is 0 Å². The predicted molar refractivity (Wildman–Crippen MR) is 109 cm³/mol. The number of carbonyl (C=O) groups is 1. The van der Waals surface area contributed by atoms with E-state index >= 15 is 0 Å². The van der Waals surface area contributed by atoms with E-state index in [2.05, 4.69) is 17.0 Å². The summed E-state index contributed by atoms with van der Waals surface area (Å²) in [6, 6.07) is 14.0. The molecule has 3 rings (SSSR count). The number of carbonyl (C=O) groups excluding carboxylic acids is 1. The average Bonchev–Trinajstić information content (AvgIpc) is 2.73. The lowest BCUT2D eigenvalue weighted by atomic mass is 9.95. The summed E-state index contributed by atoms with van der Waals surface area (Å²) in [7, 11) is 3.52. The maximum atomic E-state index is 13.0. The summed E-state index contributed by atoms with van der Waals surface area (Å²) in [5.74, 6) is 1.05. The van der Waals surface area contributed by atoms with Crippen molar-refractivity contribution in [3.05, 3.63) is 65.5 Å². The Labute approximate surface area is 166 Å². The molecule has 1 amide bonds. The Bertz CT molecular complexity index is 753. The van der Waals surface area contributed by atoms with E-state index in [9.17, 15) is 9.18 Å². The lowest BCUT2D eigenvalue weighted by molar-refractivity contribution is 0.0740. The van der Waals surface area contributed by atoms with E-state index in [-0.39, 0.29) is 11.7 Å². The highest BCUT2D eigenvalue weighted by molar-refractivity contribution is 5.94. The van der Waals surface area contributed by atoms with Crippen LogP contribution in [0.2, 0.25) is 0 Å². The second-order valence-corrected chi connectivity index (χ2v) is 7.58. The molecule has 150 valence electrons. The SMILES string of the molecule is COc1ccc(CCN2CCC(CN(C)C(=O)c3ccc(F)cc3)CC2)cc1. The molecule has 0 radical (unpaired) electrons. The lowest BCUT2D eigenvalue weighted by Crippen LogP contribution is -2.40. The first-order valence-corrected chi connectivity index (χ1v) is 9.91. The van der Waals surface area contributed by atoms with Crippen LogP contribution >= 0.6 is 0 Å². The van der Waals surface area contributed by atoms with Crippen LogP contribution in [0, 0.1) is 11.7 Å². The molecule has 0 saturated carbocycles. The molecule has 5 heteroatoms. The number of hydrogen-bond acceptors (Lipinski definition) is 3. The van der Waals surface area contributed by atoms with E-state index in [1.165, 1.54) is 17.7 Å². The number of likely N-dealkylation sites (tertiary alicyclic amines) is 1. The minimum atomic E-state index is -0.318. The van der Waals surface area contributed by atoms with Gasteiger partial charge in [-0.15, -0.1) is 0 Å². The van der Waals surface area contributed by atoms with Crippen molar-refractivity contribution in [3.8, 4) is 5.75 Å². The van der Waals surface area contributed by atoms with E-state index in [1.54, 1.807) is 24.1 Å². The van der Waals surface area contributed by atoms with Crippen molar-refractivity contribution in [2.24, 2.45) is 5.92 Å². The number of amides is 1. The fourth-order valence-electron chi connectivity index (χ4n) is 3.76. The highest BCUT2D eigenvalue weighted by Crippen LogP contribution is 2.20. The van der Waals surface area contributed by atoms with Gasteiger partial charge < -0.3 is 14.5 Å². The number of methoxy groups -OCH3 is 1. The van der Waals surface area contributed by atoms with Crippen LogP contribution in [0.3, 0.4) is 0 Å². The van der Waals surface area contributed by atoms with Crippen molar-refractivity contribution in [2.45, 2.75) is 19.3 Å². The topological polar surface area (TPSA) is 32.8 Å². The summed E-state index contributed by atoms with van der Waals surface area (Å²) in [4.78, 5) is 16.8. The fourth-order valence-corrected chi connectivity index (χ4v) is 3.76. The second kappa shape index (κ2) is 9.69. The predicted octanol–water partition coefficient (Wildman–Crippen LogP) is 3.86. The zero-order valence-electron chi connectivity index (χ0n) is 16.7. The number of ether oxygens (including phenoxy) is 1. The Morgan fingerprint density at radius 1 is 1.11 bits per heavy atom. The molecule has 0 N–H and O–H groups in total. The lowest BCUT2D eigenvalue weighted by Gasteiger charge is -2.34. The van der Waals surface area contributed by atoms with Crippen LogP contribution in [0.15, 0.2) is 48.5 Å². The van der Waals surface area contributed by atoms with Gasteiger partial charge in [0, 0.05) is 25.7 Å². The average molecular weight is 384 g/mol. The fraction of sp³-hybridized carbons (Fsp3) is 0.435. The highest BCUT2D eigenvalue weighted by atomic mass is 19.1. The van der Waals surface area contributed by atoms with E-state index in [0.29, 0.717) is 11.5 Å². The van der Waals surface area contributed by atoms with Crippen LogP contribution in [-0.4, -0.2) is 56.0 Å². The van der Waals surface area contributed by atoms with Crippen LogP contribution in [0.25, 0.3) is 0 Å². The number of halogens is 1. The molecule has 0 aliphatic carbocycles. The van der Waals surface area contributed by atoms with Gasteiger partial charge in [0.25, 0.3) is 5.91 Å². The quantitative estimate of drug-likeness (QED) is 0.727. The zero-order valence-corrected chi connectivity index (χ0v) is 16.7. The summed E-state index contributed by atoms with van der Waals surface area (Å²) < 4.78 is 18.2. The first-order chi connectivity index (χ1) is 13.5. The standard InChI is InChI=1S/C23H29FN2O2/c1-25(23(27)20-5-7-21(24)8-6-20)17-19-12-15-26(16-13-19)14-11-18-3-9-22(28-2)10-4-18/h3-10,19H,11-17H2,1-2H3. The van der Waals surface area contributed by atoms with Gasteiger partial charge >= 0.3 is 0 Å². The van der Waals surface area contributed by atoms with Crippen molar-refractivity contribution >= 4 is 5.91 Å². The van der Waals surface area contributed by atoms with Gasteiger partial charge in [0.05, 0.1) is 7.11 Å². The first-order valence-electron chi connectivity index (χ1n) is 9.91. The van der Waals surface area contributed by atoms with Crippen LogP contribution in [0.4, 0.5) is 4.39 Å². The second-order valence-electron chi connectivity index (χ2n) is 7.58. The van der Waals surface area contributed by atoms with Crippen LogP contribution in [0.5, 0.6) is 5.75 Å². The van der Waals surface area contributed by atoms with Crippen molar-refractivity contribution in [1.82, 2.24) is 9.80 Å². The summed E-state index contributed by atoms with van der Waals surface area (Å²) in [6.07, 6.45) is 3.24. The molecule has 1 heterocycles. The summed E-state index contributed by atoms with van der Waals surface area (Å²) in [5, 5.41) is 0. The van der Waals surface area contributed by atoms with Crippen molar-refractivity contribution < 1.29 is 13.9 Å². The molecule has 1 saturated heterocycles. The van der Waals surface area contributed by atoms with Gasteiger partial charge in [0.1, 0.15) is 11.6 Å². The molecular formula is C23H29FN2O2. The molecule has 0 atom stereocenters. The van der Waals surface area contributed by atoms with Crippen LogP contribution < -0.4 is 4.74 Å². The number of hydrogen-bond donors (Lipinski definition) is 0. The summed E-state index contributed by atoms with van der Waals surface area (Å²) in [6.45, 7) is 3.95. The largest absolute Gasteiger partial charge is 0.497 e. The molecule has 1 aliphatic rings. The summed E-state index contributed by atoms with van der Waals surface area (Å²) in [5.41, 5.74) is 1.87. The molecule has 2 aromatic carbocycles. The third kappa shape index (κ3) is 5.55. The maximum absolute atomic E-state index is 13.0. The summed E-state index contributed by atoms with van der Waals surface area (Å²) >= 11 is 0. The van der Waals surface area contributed by atoms with Crippen molar-refractivity contribution in [2.75, 3.05) is 40.3 Å². The molecule has 0 unspecified atom stereocenters. The highest BCUT2D eigenvalue weighted by Gasteiger charge is 2.22. The van der Waals surface area contributed by atoms with E-state index in [4.69, 9.17) is 4.74 Å². The smallest absolute Gasteiger partial charge is 0.253 e. The molecule has 0 bridgehead atoms. The molecular weight excluding hydrogens is 355 g/mol. The third-order valence-electron chi connectivity index (χ3n) is 5.55. The molecule has 0 aromatic heterocycles. The van der Waals surface area contributed by atoms with Gasteiger partial charge in [0.15, 0.2) is 0 Å². The molecule has 1 fully saturated rings. The Hall–Kier alpha value is -2.40. The number of benzene rings is 2. The monoisotopic (exact) mass is 384 g/mol. The van der Waals surface area contributed by atoms with Gasteiger partial charge in [-0.1, -0.05) is 12.1 Å². The molecule has 4 nitrogen and oxygen atoms in total. The Kier molecular flexibility index (Phi) is 7.04. The van der Waals surface area contributed by atoms with Crippen molar-refractivity contribution in [3.63, 3.8) is 0 Å². The number of piperidine rings is 1. The Balaban J connectivity index is 1.40. The maximum Gasteiger partial charge on any atom is 0.253 e. The van der Waals surface area contributed by atoms with E-state index in [1.807, 2.05) is 19.2 Å². The number of nitrogens with zero attached hydrogens (tertiary/aromatic N) is 2. The van der Waals surface area contributed by atoms with Gasteiger partial charge in [-0.3, -0.25) is 4.79 Å². The minimum absolute atomic E-state index is 0.0399. The normalized spacial score (nSPS) is 15.4. The van der Waals surface area contributed by atoms with E-state index in [0.717, 1.165) is 51.2 Å². The molecule has 0 spiro atoms. The minimum Gasteiger partial charge on any atom is -0.497 e. The Morgan fingerprint density at radius 3 is 2.36 bits per heavy atom. The zero-order chi connectivity index (χ0) is 19.9. The van der Waals surface area contributed by atoms with Gasteiger partial charge in [-0.05, 0) is 80.2 Å². The van der Waals surface area contributed by atoms with Crippen LogP contribution in [0.1, 0.15) is 28.8 Å².